The third-order valence-electron chi connectivity index (χ3n) is 1.46. The van der Waals surface area contributed by atoms with Crippen LogP contribution in [0.2, 0.25) is 0 Å². The van der Waals surface area contributed by atoms with Crippen LogP contribution in [0.15, 0.2) is 0 Å². The van der Waals surface area contributed by atoms with Gasteiger partial charge in [-0.15, -0.1) is 0 Å². The van der Waals surface area contributed by atoms with Crippen molar-refractivity contribution in [2.24, 2.45) is 0 Å². The van der Waals surface area contributed by atoms with E-state index in [4.69, 9.17) is 19.8 Å². The van der Waals surface area contributed by atoms with Gasteiger partial charge in [0.05, 0.1) is 34.4 Å². The summed E-state index contributed by atoms with van der Waals surface area (Å²) < 4.78 is 0.819. The molecule has 0 spiro atoms. The first-order chi connectivity index (χ1) is 7.49. The lowest BCUT2D eigenvalue weighted by Crippen LogP contribution is -2.47. The highest BCUT2D eigenvalue weighted by molar-refractivity contribution is 5.11. The van der Waals surface area contributed by atoms with Crippen LogP contribution in [0, 0.1) is 0 Å². The molecule has 0 aromatic carbocycles. The molecule has 0 heterocycles. The molecule has 0 fully saturated rings. The topological polar surface area (TPSA) is 77.8 Å². The zero-order valence-corrected chi connectivity index (χ0v) is 10.6. The number of aliphatic hydroxyl groups is 2. The number of nitrogens with zero attached hydrogens (tertiary/aromatic N) is 2. The molecule has 0 aliphatic rings. The average Bonchev–Trinajstić information content (AvgIpc) is 2.22. The maximum atomic E-state index is 8.73. The Kier molecular flexibility index (Phi) is 18.2. The Morgan fingerprint density at radius 1 is 0.938 bits per heavy atom. The minimum absolute atomic E-state index is 0.153. The van der Waals surface area contributed by atoms with Gasteiger partial charge in [-0.2, -0.15) is 0 Å². The summed E-state index contributed by atoms with van der Waals surface area (Å²) in [7, 11) is 6.26. The zero-order chi connectivity index (χ0) is 13.6. The van der Waals surface area contributed by atoms with E-state index in [0.717, 1.165) is 11.2 Å². The fraction of sp³-hybridized carbons (Fsp3) is 0.800. The van der Waals surface area contributed by atoms with Crippen LogP contribution in [-0.4, -0.2) is 87.3 Å². The molecule has 0 aromatic heterocycles. The molecule has 0 unspecified atom stereocenters. The molecule has 16 heavy (non-hydrogen) atoms. The van der Waals surface area contributed by atoms with Crippen LogP contribution in [0.25, 0.3) is 0 Å². The van der Waals surface area contributed by atoms with Gasteiger partial charge in [0.25, 0.3) is 0 Å². The van der Waals surface area contributed by atoms with Gasteiger partial charge >= 0.3 is 0 Å². The Balaban J connectivity index is -0.000000376. The first kappa shape index (κ1) is 20.6. The summed E-state index contributed by atoms with van der Waals surface area (Å²) in [5.41, 5.74) is 0. The van der Waals surface area contributed by atoms with Gasteiger partial charge < -0.3 is 24.3 Å². The van der Waals surface area contributed by atoms with Crippen LogP contribution in [-0.2, 0) is 9.59 Å². The number of hydrogen-bond donors (Lipinski definition) is 2. The van der Waals surface area contributed by atoms with Crippen LogP contribution in [0.3, 0.4) is 0 Å². The summed E-state index contributed by atoms with van der Waals surface area (Å²) in [6.07, 6.45) is 0. The molecule has 0 aliphatic carbocycles. The second kappa shape index (κ2) is 14.2. The minimum Gasteiger partial charge on any atom is -0.395 e. The maximum Gasteiger partial charge on any atom is 0.134 e. The molecule has 0 saturated carbocycles. The van der Waals surface area contributed by atoms with Crippen molar-refractivity contribution in [2.45, 2.75) is 0 Å². The molecular formula is C10H25N2O4+. The van der Waals surface area contributed by atoms with Gasteiger partial charge in [-0.05, 0) is 0 Å². The molecule has 0 bridgehead atoms. The van der Waals surface area contributed by atoms with Crippen molar-refractivity contribution >= 4 is 13.6 Å². The standard InChI is InChI=1S/C8H21N2O2.2CH2O/c1-10(2,3)8-9(4-6-11)5-7-12;2*1-2/h11-12H,4-8H2,1-3H3;2*1H2/q+1;;. The van der Waals surface area contributed by atoms with Crippen molar-refractivity contribution in [1.82, 2.24) is 4.90 Å². The monoisotopic (exact) mass is 237 g/mol. The van der Waals surface area contributed by atoms with Crippen LogP contribution < -0.4 is 0 Å². The Morgan fingerprint density at radius 2 is 1.25 bits per heavy atom. The van der Waals surface area contributed by atoms with Crippen molar-refractivity contribution in [3.8, 4) is 0 Å². The normalized spacial score (nSPS) is 9.88. The lowest BCUT2D eigenvalue weighted by atomic mass is 10.5. The fourth-order valence-corrected chi connectivity index (χ4v) is 1.14. The average molecular weight is 237 g/mol. The van der Waals surface area contributed by atoms with Crippen molar-refractivity contribution in [3.05, 3.63) is 0 Å². The van der Waals surface area contributed by atoms with Crippen LogP contribution >= 0.6 is 0 Å². The van der Waals surface area contributed by atoms with E-state index in [2.05, 4.69) is 21.1 Å². The van der Waals surface area contributed by atoms with Gasteiger partial charge in [0.15, 0.2) is 0 Å². The van der Waals surface area contributed by atoms with Gasteiger partial charge in [0.2, 0.25) is 0 Å². The maximum absolute atomic E-state index is 8.73. The Bertz CT molecular complexity index is 131. The molecule has 0 rings (SSSR count). The third kappa shape index (κ3) is 18.9. The van der Waals surface area contributed by atoms with E-state index in [0.29, 0.717) is 13.1 Å². The fourth-order valence-electron chi connectivity index (χ4n) is 1.14. The molecule has 2 N–H and O–H groups in total. The summed E-state index contributed by atoms with van der Waals surface area (Å²) >= 11 is 0. The predicted molar refractivity (Wildman–Crippen MR) is 62.9 cm³/mol. The number of quaternary nitrogens is 1. The molecule has 0 aliphatic heterocycles. The summed E-state index contributed by atoms with van der Waals surface area (Å²) in [6.45, 7) is 6.42. The predicted octanol–water partition coefficient (Wildman–Crippen LogP) is -1.43. The highest BCUT2D eigenvalue weighted by Gasteiger charge is 2.13. The van der Waals surface area contributed by atoms with E-state index in [1.807, 2.05) is 18.5 Å². The van der Waals surface area contributed by atoms with Crippen molar-refractivity contribution < 1.29 is 24.3 Å². The molecule has 98 valence electrons. The second-order valence-corrected chi connectivity index (χ2v) is 4.00. The zero-order valence-electron chi connectivity index (χ0n) is 10.6. The largest absolute Gasteiger partial charge is 0.395 e. The number of aliphatic hydroxyl groups excluding tert-OH is 2. The number of carbonyl (C=O) groups excluding carboxylic acids is 2. The first-order valence-electron chi connectivity index (χ1n) is 4.82. The highest BCUT2D eigenvalue weighted by atomic mass is 16.3. The lowest BCUT2D eigenvalue weighted by molar-refractivity contribution is -0.881. The summed E-state index contributed by atoms with van der Waals surface area (Å²) in [6, 6.07) is 0. The van der Waals surface area contributed by atoms with Crippen LogP contribution in [0.5, 0.6) is 0 Å². The molecule has 0 amide bonds. The number of hydrogen-bond acceptors (Lipinski definition) is 5. The van der Waals surface area contributed by atoms with E-state index in [1.165, 1.54) is 0 Å². The van der Waals surface area contributed by atoms with Crippen molar-refractivity contribution in [3.63, 3.8) is 0 Å². The van der Waals surface area contributed by atoms with E-state index >= 15 is 0 Å². The second-order valence-electron chi connectivity index (χ2n) is 4.00. The van der Waals surface area contributed by atoms with Crippen molar-refractivity contribution in [2.75, 3.05) is 54.1 Å². The van der Waals surface area contributed by atoms with Crippen LogP contribution in [0.4, 0.5) is 0 Å². The molecule has 0 radical (unpaired) electrons. The van der Waals surface area contributed by atoms with Gasteiger partial charge in [-0.25, -0.2) is 0 Å². The third-order valence-corrected chi connectivity index (χ3v) is 1.46. The first-order valence-corrected chi connectivity index (χ1v) is 4.82. The number of rotatable bonds is 6. The van der Waals surface area contributed by atoms with Gasteiger partial charge in [0, 0.05) is 13.1 Å². The molecule has 6 heteroatoms. The molecule has 0 aromatic rings. The molecule has 0 saturated heterocycles. The van der Waals surface area contributed by atoms with E-state index in [-0.39, 0.29) is 13.2 Å². The minimum atomic E-state index is 0.153. The quantitative estimate of drug-likeness (QED) is 0.437. The van der Waals surface area contributed by atoms with E-state index in [9.17, 15) is 0 Å². The van der Waals surface area contributed by atoms with Gasteiger partial charge in [-0.1, -0.05) is 0 Å². The van der Waals surface area contributed by atoms with Gasteiger partial charge in [-0.3, -0.25) is 4.90 Å². The summed E-state index contributed by atoms with van der Waals surface area (Å²) in [4.78, 5) is 18.0. The summed E-state index contributed by atoms with van der Waals surface area (Å²) in [5, 5.41) is 17.5. The Labute approximate surface area is 97.7 Å². The van der Waals surface area contributed by atoms with Crippen LogP contribution in [0.1, 0.15) is 0 Å². The lowest BCUT2D eigenvalue weighted by Gasteiger charge is -2.31. The van der Waals surface area contributed by atoms with E-state index < -0.39 is 0 Å². The number of carbonyl (C=O) groups is 2. The Hall–Kier alpha value is -0.820. The Morgan fingerprint density at radius 3 is 1.44 bits per heavy atom. The molecular weight excluding hydrogens is 212 g/mol. The van der Waals surface area contributed by atoms with E-state index in [1.54, 1.807) is 0 Å². The van der Waals surface area contributed by atoms with Gasteiger partial charge in [0.1, 0.15) is 20.2 Å². The van der Waals surface area contributed by atoms with Crippen molar-refractivity contribution in [1.29, 1.82) is 0 Å². The molecule has 6 nitrogen and oxygen atoms in total. The molecule has 0 atom stereocenters. The SMILES string of the molecule is C=O.C=O.C[N+](C)(C)CN(CCO)CCO. The highest BCUT2D eigenvalue weighted by Crippen LogP contribution is 1.95. The smallest absolute Gasteiger partial charge is 0.134 e. The summed E-state index contributed by atoms with van der Waals surface area (Å²) in [5.74, 6) is 0.